The third-order valence-electron chi connectivity index (χ3n) is 2.00. The molecule has 1 heterocycles. The van der Waals surface area contributed by atoms with Crippen LogP contribution in [0.3, 0.4) is 0 Å². The number of pyridine rings is 1. The molecule has 2 N–H and O–H groups in total. The molecule has 108 valence electrons. The van der Waals surface area contributed by atoms with E-state index in [9.17, 15) is 22.8 Å². The van der Waals surface area contributed by atoms with Crippen LogP contribution in [0.15, 0.2) is 24.9 Å². The molecule has 0 saturated carbocycles. The highest BCUT2D eigenvalue weighted by Gasteiger charge is 2.32. The maximum atomic E-state index is 12.4. The van der Waals surface area contributed by atoms with Crippen molar-refractivity contribution in [2.75, 3.05) is 11.9 Å². The molecular formula is C11H9F3N2O4. The van der Waals surface area contributed by atoms with Crippen molar-refractivity contribution in [3.8, 4) is 0 Å². The van der Waals surface area contributed by atoms with Gasteiger partial charge < -0.3 is 9.84 Å². The van der Waals surface area contributed by atoms with Crippen LogP contribution in [-0.2, 0) is 10.9 Å². The zero-order valence-electron chi connectivity index (χ0n) is 9.90. The van der Waals surface area contributed by atoms with Gasteiger partial charge in [-0.2, -0.15) is 13.2 Å². The molecule has 0 unspecified atom stereocenters. The van der Waals surface area contributed by atoms with Gasteiger partial charge in [0.05, 0.1) is 5.56 Å². The van der Waals surface area contributed by atoms with Crippen molar-refractivity contribution < 1.29 is 32.6 Å². The summed E-state index contributed by atoms with van der Waals surface area (Å²) in [4.78, 5) is 25.3. The minimum absolute atomic E-state index is 0.144. The van der Waals surface area contributed by atoms with Gasteiger partial charge in [-0.15, -0.1) is 0 Å². The lowest BCUT2D eigenvalue weighted by Crippen LogP contribution is -2.18. The van der Waals surface area contributed by atoms with Crippen LogP contribution in [0.5, 0.6) is 0 Å². The lowest BCUT2D eigenvalue weighted by Gasteiger charge is -2.11. The lowest BCUT2D eigenvalue weighted by molar-refractivity contribution is -0.137. The molecule has 1 aromatic heterocycles. The Bertz CT molecular complexity index is 543. The number of rotatable bonds is 4. The van der Waals surface area contributed by atoms with Crippen LogP contribution in [0.4, 0.5) is 23.8 Å². The Balaban J connectivity index is 3.05. The molecule has 1 rings (SSSR count). The van der Waals surface area contributed by atoms with Gasteiger partial charge in [0, 0.05) is 6.20 Å². The molecule has 0 saturated heterocycles. The number of amides is 1. The summed E-state index contributed by atoms with van der Waals surface area (Å²) in [6.45, 7) is 3.14. The third kappa shape index (κ3) is 3.97. The third-order valence-corrected chi connectivity index (χ3v) is 2.00. The molecule has 20 heavy (non-hydrogen) atoms. The smallest absolute Gasteiger partial charge is 0.417 e. The summed E-state index contributed by atoms with van der Waals surface area (Å²) in [6, 6.07) is 0.373. The molecule has 0 bridgehead atoms. The van der Waals surface area contributed by atoms with Crippen molar-refractivity contribution in [3.05, 3.63) is 36.0 Å². The van der Waals surface area contributed by atoms with Crippen molar-refractivity contribution in [1.29, 1.82) is 0 Å². The number of aromatic nitrogens is 1. The van der Waals surface area contributed by atoms with Crippen LogP contribution in [0, 0.1) is 0 Å². The van der Waals surface area contributed by atoms with Gasteiger partial charge in [-0.05, 0) is 6.07 Å². The number of carbonyl (C=O) groups is 2. The van der Waals surface area contributed by atoms with Gasteiger partial charge in [0.1, 0.15) is 18.0 Å². The molecule has 9 heteroatoms. The number of nitrogens with zero attached hydrogens (tertiary/aromatic N) is 1. The number of nitrogens with one attached hydrogen (secondary N) is 1. The molecular weight excluding hydrogens is 281 g/mol. The molecule has 0 fully saturated rings. The highest BCUT2D eigenvalue weighted by molar-refractivity contribution is 5.97. The Morgan fingerprint density at radius 1 is 1.50 bits per heavy atom. The van der Waals surface area contributed by atoms with Crippen LogP contribution in [0.2, 0.25) is 0 Å². The molecule has 0 aliphatic carbocycles. The molecule has 0 radical (unpaired) electrons. The topological polar surface area (TPSA) is 88.5 Å². The highest BCUT2D eigenvalue weighted by Crippen LogP contribution is 2.30. The molecule has 0 aliphatic heterocycles. The quantitative estimate of drug-likeness (QED) is 0.832. The fourth-order valence-corrected chi connectivity index (χ4v) is 1.15. The lowest BCUT2D eigenvalue weighted by atomic mass is 10.2. The van der Waals surface area contributed by atoms with E-state index in [0.717, 1.165) is 0 Å². The Kier molecular flexibility index (Phi) is 4.68. The van der Waals surface area contributed by atoms with E-state index in [1.807, 2.05) is 5.32 Å². The van der Waals surface area contributed by atoms with Crippen molar-refractivity contribution in [3.63, 3.8) is 0 Å². The molecule has 0 aromatic carbocycles. The standard InChI is InChI=1S/C11H9F3N2O4/c1-2-3-20-10(19)16-8-7(9(17)18)4-6(5-15-8)11(12,13)14/h2,4-5H,1,3H2,(H,17,18)(H,15,16,19). The summed E-state index contributed by atoms with van der Waals surface area (Å²) in [5.41, 5.74) is -2.03. The number of carbonyl (C=O) groups excluding carboxylic acids is 1. The van der Waals surface area contributed by atoms with Crippen LogP contribution < -0.4 is 5.32 Å². The van der Waals surface area contributed by atoms with Gasteiger partial charge in [0.2, 0.25) is 0 Å². The summed E-state index contributed by atoms with van der Waals surface area (Å²) in [5.74, 6) is -2.21. The van der Waals surface area contributed by atoms with E-state index in [-0.39, 0.29) is 6.61 Å². The zero-order valence-corrected chi connectivity index (χ0v) is 9.90. The first-order chi connectivity index (χ1) is 9.25. The summed E-state index contributed by atoms with van der Waals surface area (Å²) >= 11 is 0. The number of aromatic carboxylic acids is 1. The van der Waals surface area contributed by atoms with Gasteiger partial charge in [-0.3, -0.25) is 5.32 Å². The fourth-order valence-electron chi connectivity index (χ4n) is 1.15. The van der Waals surface area contributed by atoms with Gasteiger partial charge in [0.25, 0.3) is 0 Å². The summed E-state index contributed by atoms with van der Waals surface area (Å²) in [5, 5.41) is 10.8. The molecule has 0 aliphatic rings. The Labute approximate surface area is 110 Å². The summed E-state index contributed by atoms with van der Waals surface area (Å²) in [6.07, 6.45) is -4.12. The number of hydrogen-bond acceptors (Lipinski definition) is 4. The highest BCUT2D eigenvalue weighted by atomic mass is 19.4. The second-order valence-corrected chi connectivity index (χ2v) is 3.44. The van der Waals surface area contributed by atoms with Crippen LogP contribution in [-0.4, -0.2) is 28.8 Å². The van der Waals surface area contributed by atoms with E-state index < -0.39 is 35.2 Å². The van der Waals surface area contributed by atoms with Crippen LogP contribution >= 0.6 is 0 Å². The van der Waals surface area contributed by atoms with Crippen molar-refractivity contribution >= 4 is 17.9 Å². The van der Waals surface area contributed by atoms with Crippen molar-refractivity contribution in [2.45, 2.75) is 6.18 Å². The monoisotopic (exact) mass is 290 g/mol. The molecule has 6 nitrogen and oxygen atoms in total. The van der Waals surface area contributed by atoms with E-state index in [1.54, 1.807) is 0 Å². The Morgan fingerprint density at radius 3 is 2.65 bits per heavy atom. The summed E-state index contributed by atoms with van der Waals surface area (Å²) < 4.78 is 41.8. The van der Waals surface area contributed by atoms with Gasteiger partial charge in [0.15, 0.2) is 0 Å². The van der Waals surface area contributed by atoms with E-state index >= 15 is 0 Å². The largest absolute Gasteiger partial charge is 0.478 e. The zero-order chi connectivity index (χ0) is 15.3. The number of ether oxygens (including phenoxy) is 1. The average Bonchev–Trinajstić information content (AvgIpc) is 2.35. The van der Waals surface area contributed by atoms with E-state index in [0.29, 0.717) is 12.3 Å². The SMILES string of the molecule is C=CCOC(=O)Nc1ncc(C(F)(F)F)cc1C(=O)O. The Morgan fingerprint density at radius 2 is 2.15 bits per heavy atom. The average molecular weight is 290 g/mol. The fraction of sp³-hybridized carbons (Fsp3) is 0.182. The van der Waals surface area contributed by atoms with E-state index in [4.69, 9.17) is 5.11 Å². The first-order valence-corrected chi connectivity index (χ1v) is 5.11. The second-order valence-electron chi connectivity index (χ2n) is 3.44. The number of carboxylic acid groups (broad SMARTS) is 1. The number of carboxylic acids is 1. The maximum absolute atomic E-state index is 12.4. The summed E-state index contributed by atoms with van der Waals surface area (Å²) in [7, 11) is 0. The minimum atomic E-state index is -4.74. The number of anilines is 1. The minimum Gasteiger partial charge on any atom is -0.478 e. The Hall–Kier alpha value is -2.58. The number of hydrogen-bond donors (Lipinski definition) is 2. The van der Waals surface area contributed by atoms with Crippen molar-refractivity contribution in [2.24, 2.45) is 0 Å². The normalized spacial score (nSPS) is 10.8. The second kappa shape index (κ2) is 6.04. The first kappa shape index (κ1) is 15.5. The van der Waals surface area contributed by atoms with Crippen molar-refractivity contribution in [1.82, 2.24) is 4.98 Å². The molecule has 1 aromatic rings. The number of alkyl halides is 3. The van der Waals surface area contributed by atoms with Gasteiger partial charge in [-0.1, -0.05) is 12.7 Å². The predicted octanol–water partition coefficient (Wildman–Crippen LogP) is 2.53. The van der Waals surface area contributed by atoms with E-state index in [1.165, 1.54) is 6.08 Å². The van der Waals surface area contributed by atoms with E-state index in [2.05, 4.69) is 16.3 Å². The molecule has 0 spiro atoms. The van der Waals surface area contributed by atoms with Gasteiger partial charge >= 0.3 is 18.2 Å². The molecule has 1 amide bonds. The van der Waals surface area contributed by atoms with Crippen LogP contribution in [0.1, 0.15) is 15.9 Å². The maximum Gasteiger partial charge on any atom is 0.417 e. The molecule has 0 atom stereocenters. The first-order valence-electron chi connectivity index (χ1n) is 5.11. The predicted molar refractivity (Wildman–Crippen MR) is 61.4 cm³/mol. The van der Waals surface area contributed by atoms with Crippen LogP contribution in [0.25, 0.3) is 0 Å². The van der Waals surface area contributed by atoms with Gasteiger partial charge in [-0.25, -0.2) is 14.6 Å². The number of halogens is 3.